The summed E-state index contributed by atoms with van der Waals surface area (Å²) in [7, 11) is 0. The molecule has 1 aliphatic rings. The van der Waals surface area contributed by atoms with Crippen molar-refractivity contribution in [1.29, 1.82) is 0 Å². The lowest BCUT2D eigenvalue weighted by atomic mass is 9.96. The average Bonchev–Trinajstić information content (AvgIpc) is 2.92. The molecule has 1 aliphatic heterocycles. The van der Waals surface area contributed by atoms with Gasteiger partial charge in [0.1, 0.15) is 17.8 Å². The summed E-state index contributed by atoms with van der Waals surface area (Å²) >= 11 is 0. The van der Waals surface area contributed by atoms with Gasteiger partial charge in [-0.3, -0.25) is 4.57 Å². The maximum absolute atomic E-state index is 10.4. The smallest absolute Gasteiger partial charge is 0.190 e. The molecule has 0 radical (unpaired) electrons. The van der Waals surface area contributed by atoms with Crippen LogP contribution < -0.4 is 5.73 Å². The van der Waals surface area contributed by atoms with Gasteiger partial charge in [0.15, 0.2) is 23.2 Å². The first kappa shape index (κ1) is 13.1. The summed E-state index contributed by atoms with van der Waals surface area (Å²) in [6.45, 7) is 0.984. The number of nitrogens with two attached hydrogens (primary N) is 1. The van der Waals surface area contributed by atoms with E-state index in [1.54, 1.807) is 0 Å². The second-order valence-corrected chi connectivity index (χ2v) is 4.88. The van der Waals surface area contributed by atoms with E-state index in [4.69, 9.17) is 15.6 Å². The number of aromatic nitrogens is 5. The molecule has 0 saturated carbocycles. The van der Waals surface area contributed by atoms with E-state index in [-0.39, 0.29) is 11.5 Å². The van der Waals surface area contributed by atoms with Gasteiger partial charge in [0, 0.05) is 0 Å². The molecule has 20 heavy (non-hydrogen) atoms. The van der Waals surface area contributed by atoms with Crippen LogP contribution in [0.1, 0.15) is 13.2 Å². The highest BCUT2D eigenvalue weighted by molar-refractivity contribution is 5.80. The largest absolute Gasteiger partial charge is 0.394 e. The second kappa shape index (κ2) is 4.31. The molecule has 0 spiro atoms. The third kappa shape index (κ3) is 1.66. The second-order valence-electron chi connectivity index (χ2n) is 4.88. The van der Waals surface area contributed by atoms with Crippen molar-refractivity contribution in [2.24, 2.45) is 0 Å². The maximum atomic E-state index is 10.4. The standard InChI is InChI=1S/C10H14N6O4/c1-10(19)6(18)4(2-17)20-9(10)16-3-12-5-7(11)13-15-14-8(5)16/h3-4,6,9,17-19H,2H2,1H3,(H2,11,13,14)/t4-,6?,9-,10?/m1/s1. The normalized spacial score (nSPS) is 33.9. The number of hydrogen-bond donors (Lipinski definition) is 4. The Morgan fingerprint density at radius 1 is 1.50 bits per heavy atom. The number of ether oxygens (including phenoxy) is 1. The van der Waals surface area contributed by atoms with Crippen LogP contribution in [-0.4, -0.2) is 64.7 Å². The Kier molecular flexibility index (Phi) is 2.83. The number of fused-ring (bicyclic) bond motifs is 1. The molecule has 0 aliphatic carbocycles. The maximum Gasteiger partial charge on any atom is 0.190 e. The van der Waals surface area contributed by atoms with E-state index < -0.39 is 30.6 Å². The minimum atomic E-state index is -1.62. The summed E-state index contributed by atoms with van der Waals surface area (Å²) in [6, 6.07) is 0. The molecule has 10 nitrogen and oxygen atoms in total. The van der Waals surface area contributed by atoms with Crippen molar-refractivity contribution < 1.29 is 20.1 Å². The van der Waals surface area contributed by atoms with Gasteiger partial charge in [0.05, 0.1) is 12.9 Å². The monoisotopic (exact) mass is 282 g/mol. The lowest BCUT2D eigenvalue weighted by molar-refractivity contribution is -0.0951. The number of nitrogens with zero attached hydrogens (tertiary/aromatic N) is 5. The Balaban J connectivity index is 2.10. The topological polar surface area (TPSA) is 152 Å². The van der Waals surface area contributed by atoms with Gasteiger partial charge in [0.2, 0.25) is 0 Å². The van der Waals surface area contributed by atoms with Gasteiger partial charge in [-0.15, -0.1) is 10.2 Å². The van der Waals surface area contributed by atoms with Gasteiger partial charge in [-0.2, -0.15) is 0 Å². The Morgan fingerprint density at radius 2 is 2.25 bits per heavy atom. The Morgan fingerprint density at radius 3 is 2.90 bits per heavy atom. The SMILES string of the molecule is CC1(O)C(O)[C@@H](CO)O[C@H]1n1cnc2c(N)nnnc21. The number of aliphatic hydroxyl groups is 3. The van der Waals surface area contributed by atoms with Crippen molar-refractivity contribution in [1.82, 2.24) is 25.0 Å². The van der Waals surface area contributed by atoms with Crippen molar-refractivity contribution in [3.63, 3.8) is 0 Å². The minimum absolute atomic E-state index is 0.102. The third-order valence-corrected chi connectivity index (χ3v) is 3.49. The number of anilines is 1. The predicted molar refractivity (Wildman–Crippen MR) is 65.2 cm³/mol. The first-order valence-corrected chi connectivity index (χ1v) is 5.95. The van der Waals surface area contributed by atoms with Gasteiger partial charge in [0.25, 0.3) is 0 Å². The van der Waals surface area contributed by atoms with E-state index in [0.717, 1.165) is 0 Å². The quantitative estimate of drug-likeness (QED) is 0.480. The first-order valence-electron chi connectivity index (χ1n) is 5.95. The highest BCUT2D eigenvalue weighted by Crippen LogP contribution is 2.39. The highest BCUT2D eigenvalue weighted by Gasteiger charge is 2.53. The molecule has 10 heteroatoms. The van der Waals surface area contributed by atoms with E-state index in [2.05, 4.69) is 20.4 Å². The van der Waals surface area contributed by atoms with Crippen molar-refractivity contribution in [3.05, 3.63) is 6.33 Å². The number of imidazole rings is 1. The molecular weight excluding hydrogens is 268 g/mol. The van der Waals surface area contributed by atoms with E-state index >= 15 is 0 Å². The van der Waals surface area contributed by atoms with Crippen LogP contribution in [0.2, 0.25) is 0 Å². The molecule has 1 saturated heterocycles. The average molecular weight is 282 g/mol. The van der Waals surface area contributed by atoms with Gasteiger partial charge in [-0.25, -0.2) is 4.98 Å². The lowest BCUT2D eigenvalue weighted by Crippen LogP contribution is -2.44. The van der Waals surface area contributed by atoms with Crippen molar-refractivity contribution in [2.75, 3.05) is 12.3 Å². The molecule has 2 aromatic heterocycles. The van der Waals surface area contributed by atoms with Crippen LogP contribution in [0, 0.1) is 0 Å². The predicted octanol–water partition coefficient (Wildman–Crippen LogP) is -2.19. The Bertz CT molecular complexity index is 644. The minimum Gasteiger partial charge on any atom is -0.394 e. The van der Waals surface area contributed by atoms with Crippen LogP contribution in [0.3, 0.4) is 0 Å². The highest BCUT2D eigenvalue weighted by atomic mass is 16.6. The fourth-order valence-electron chi connectivity index (χ4n) is 2.36. The molecule has 108 valence electrons. The molecule has 4 atom stereocenters. The fraction of sp³-hybridized carbons (Fsp3) is 0.600. The zero-order valence-corrected chi connectivity index (χ0v) is 10.6. The lowest BCUT2D eigenvalue weighted by Gasteiger charge is -2.27. The van der Waals surface area contributed by atoms with E-state index in [0.29, 0.717) is 5.52 Å². The molecule has 2 aromatic rings. The Hall–Kier alpha value is -1.88. The molecule has 0 aromatic carbocycles. The van der Waals surface area contributed by atoms with Crippen molar-refractivity contribution >= 4 is 17.0 Å². The van der Waals surface area contributed by atoms with Crippen LogP contribution in [0.15, 0.2) is 6.33 Å². The molecule has 2 unspecified atom stereocenters. The number of rotatable bonds is 2. The molecular formula is C10H14N6O4. The molecule has 5 N–H and O–H groups in total. The molecule has 1 fully saturated rings. The van der Waals surface area contributed by atoms with E-state index in [1.165, 1.54) is 17.8 Å². The fourth-order valence-corrected chi connectivity index (χ4v) is 2.36. The zero-order valence-electron chi connectivity index (χ0n) is 10.6. The number of hydrogen-bond acceptors (Lipinski definition) is 9. The van der Waals surface area contributed by atoms with Gasteiger partial charge in [-0.1, -0.05) is 0 Å². The molecule has 3 heterocycles. The summed E-state index contributed by atoms with van der Waals surface area (Å²) in [5, 5.41) is 40.4. The zero-order chi connectivity index (χ0) is 14.5. The van der Waals surface area contributed by atoms with Crippen LogP contribution in [0.25, 0.3) is 11.2 Å². The summed E-state index contributed by atoms with van der Waals surface area (Å²) < 4.78 is 6.88. The van der Waals surface area contributed by atoms with Gasteiger partial charge >= 0.3 is 0 Å². The van der Waals surface area contributed by atoms with E-state index in [9.17, 15) is 10.2 Å². The first-order chi connectivity index (χ1) is 9.46. The van der Waals surface area contributed by atoms with Crippen molar-refractivity contribution in [3.8, 4) is 0 Å². The summed E-state index contributed by atoms with van der Waals surface area (Å²) in [6.07, 6.45) is -1.76. The Labute approximate surface area is 112 Å². The van der Waals surface area contributed by atoms with Crippen LogP contribution in [-0.2, 0) is 4.74 Å². The third-order valence-electron chi connectivity index (χ3n) is 3.49. The van der Waals surface area contributed by atoms with Crippen LogP contribution >= 0.6 is 0 Å². The molecule has 3 rings (SSSR count). The van der Waals surface area contributed by atoms with Gasteiger partial charge < -0.3 is 25.8 Å². The summed E-state index contributed by atoms with van der Waals surface area (Å²) in [5.41, 5.74) is 4.60. The van der Waals surface area contributed by atoms with Crippen molar-refractivity contribution in [2.45, 2.75) is 31.0 Å². The number of aliphatic hydroxyl groups excluding tert-OH is 2. The molecule has 0 bridgehead atoms. The van der Waals surface area contributed by atoms with E-state index in [1.807, 2.05) is 0 Å². The number of nitrogen functional groups attached to an aromatic ring is 1. The van der Waals surface area contributed by atoms with Gasteiger partial charge in [-0.05, 0) is 12.1 Å². The summed E-state index contributed by atoms with van der Waals surface area (Å²) in [4.78, 5) is 4.04. The summed E-state index contributed by atoms with van der Waals surface area (Å²) in [5.74, 6) is 0.102. The molecule has 0 amide bonds. The van der Waals surface area contributed by atoms with Crippen LogP contribution in [0.4, 0.5) is 5.82 Å². The van der Waals surface area contributed by atoms with Crippen LogP contribution in [0.5, 0.6) is 0 Å².